The van der Waals surface area contributed by atoms with Crippen molar-refractivity contribution in [2.24, 2.45) is 0 Å². The molecule has 0 amide bonds. The van der Waals surface area contributed by atoms with Crippen LogP contribution < -0.4 is 9.80 Å². The van der Waals surface area contributed by atoms with Crippen LogP contribution in [0.15, 0.2) is 30.6 Å². The maximum Gasteiger partial charge on any atom is 0.134 e. The third-order valence-corrected chi connectivity index (χ3v) is 4.71. The number of anilines is 2. The van der Waals surface area contributed by atoms with Crippen molar-refractivity contribution in [3.63, 3.8) is 0 Å². The van der Waals surface area contributed by atoms with Crippen LogP contribution in [-0.4, -0.2) is 42.8 Å². The second kappa shape index (κ2) is 6.34. The molecule has 0 aliphatic carbocycles. The Bertz CT molecular complexity index is 703. The van der Waals surface area contributed by atoms with Gasteiger partial charge in [0.05, 0.1) is 13.2 Å². The minimum atomic E-state index is 0.761. The van der Waals surface area contributed by atoms with Gasteiger partial charge in [-0.2, -0.15) is 0 Å². The molecule has 2 aliphatic rings. The molecule has 1 fully saturated rings. The van der Waals surface area contributed by atoms with Crippen molar-refractivity contribution in [3.8, 4) is 0 Å². The lowest BCUT2D eigenvalue weighted by Crippen LogP contribution is -2.37. The second-order valence-corrected chi connectivity index (χ2v) is 6.35. The lowest BCUT2D eigenvalue weighted by atomic mass is 10.00. The summed E-state index contributed by atoms with van der Waals surface area (Å²) in [6.07, 6.45) is 2.66. The quantitative estimate of drug-likeness (QED) is 0.846. The molecule has 0 atom stereocenters. The summed E-state index contributed by atoms with van der Waals surface area (Å²) in [6, 6.07) is 8.25. The molecule has 0 bridgehead atoms. The smallest absolute Gasteiger partial charge is 0.134 e. The Kier molecular flexibility index (Phi) is 4.06. The standard InChI is InChI=1S/C17H19ClN4O/c18-15-2-1-14-11-22(4-3-13(14)9-15)17-10-16(19-12-20-17)21-5-7-23-8-6-21/h1-2,9-10,12H,3-8,11H2. The Morgan fingerprint density at radius 3 is 2.52 bits per heavy atom. The molecule has 120 valence electrons. The summed E-state index contributed by atoms with van der Waals surface area (Å²) in [4.78, 5) is 13.5. The average Bonchev–Trinajstić information content (AvgIpc) is 2.62. The number of benzene rings is 1. The number of fused-ring (bicyclic) bond motifs is 1. The molecule has 1 aromatic heterocycles. The molecular weight excluding hydrogens is 312 g/mol. The number of nitrogens with zero attached hydrogens (tertiary/aromatic N) is 4. The largest absolute Gasteiger partial charge is 0.378 e. The fourth-order valence-electron chi connectivity index (χ4n) is 3.19. The zero-order valence-corrected chi connectivity index (χ0v) is 13.7. The topological polar surface area (TPSA) is 41.5 Å². The van der Waals surface area contributed by atoms with Gasteiger partial charge in [-0.1, -0.05) is 17.7 Å². The number of hydrogen-bond acceptors (Lipinski definition) is 5. The zero-order chi connectivity index (χ0) is 15.6. The highest BCUT2D eigenvalue weighted by molar-refractivity contribution is 6.30. The van der Waals surface area contributed by atoms with Crippen molar-refractivity contribution < 1.29 is 4.74 Å². The Morgan fingerprint density at radius 2 is 1.70 bits per heavy atom. The molecule has 0 N–H and O–H groups in total. The van der Waals surface area contributed by atoms with Gasteiger partial charge < -0.3 is 14.5 Å². The van der Waals surface area contributed by atoms with Gasteiger partial charge >= 0.3 is 0 Å². The maximum absolute atomic E-state index is 6.09. The summed E-state index contributed by atoms with van der Waals surface area (Å²) in [5.41, 5.74) is 2.67. The molecule has 2 aliphatic heterocycles. The van der Waals surface area contributed by atoms with E-state index in [4.69, 9.17) is 16.3 Å². The molecule has 0 saturated carbocycles. The van der Waals surface area contributed by atoms with E-state index in [0.717, 1.165) is 62.5 Å². The number of hydrogen-bond donors (Lipinski definition) is 0. The molecule has 4 rings (SSSR count). The van der Waals surface area contributed by atoms with Gasteiger partial charge in [-0.25, -0.2) is 9.97 Å². The molecule has 1 saturated heterocycles. The minimum absolute atomic E-state index is 0.761. The monoisotopic (exact) mass is 330 g/mol. The number of rotatable bonds is 2. The first-order chi connectivity index (χ1) is 11.3. The molecular formula is C17H19ClN4O. The van der Waals surface area contributed by atoms with E-state index in [-0.39, 0.29) is 0 Å². The maximum atomic E-state index is 6.09. The summed E-state index contributed by atoms with van der Waals surface area (Å²) in [5, 5.41) is 0.814. The van der Waals surface area contributed by atoms with Crippen LogP contribution in [0.4, 0.5) is 11.6 Å². The molecule has 0 unspecified atom stereocenters. The van der Waals surface area contributed by atoms with E-state index in [1.165, 1.54) is 11.1 Å². The van der Waals surface area contributed by atoms with Gasteiger partial charge in [0.2, 0.25) is 0 Å². The van der Waals surface area contributed by atoms with E-state index in [2.05, 4.69) is 38.0 Å². The Balaban J connectivity index is 1.55. The van der Waals surface area contributed by atoms with Crippen molar-refractivity contribution in [3.05, 3.63) is 46.7 Å². The highest BCUT2D eigenvalue weighted by Crippen LogP contribution is 2.27. The third-order valence-electron chi connectivity index (χ3n) is 4.48. The predicted molar refractivity (Wildman–Crippen MR) is 91.3 cm³/mol. The number of aromatic nitrogens is 2. The molecule has 0 radical (unpaired) electrons. The summed E-state index contributed by atoms with van der Waals surface area (Å²) in [5.74, 6) is 1.97. The normalized spacial score (nSPS) is 18.0. The van der Waals surface area contributed by atoms with Crippen molar-refractivity contribution in [2.75, 3.05) is 42.6 Å². The van der Waals surface area contributed by atoms with E-state index < -0.39 is 0 Å². The first kappa shape index (κ1) is 14.7. The van der Waals surface area contributed by atoms with E-state index in [1.54, 1.807) is 6.33 Å². The molecule has 1 aromatic carbocycles. The van der Waals surface area contributed by atoms with Gasteiger partial charge in [0, 0.05) is 37.3 Å². The number of morpholine rings is 1. The lowest BCUT2D eigenvalue weighted by molar-refractivity contribution is 0.122. The van der Waals surface area contributed by atoms with Crippen molar-refractivity contribution >= 4 is 23.2 Å². The minimum Gasteiger partial charge on any atom is -0.378 e. The van der Waals surface area contributed by atoms with Crippen molar-refractivity contribution in [1.29, 1.82) is 0 Å². The van der Waals surface area contributed by atoms with Crippen LogP contribution in [-0.2, 0) is 17.7 Å². The van der Waals surface area contributed by atoms with Crippen LogP contribution >= 0.6 is 11.6 Å². The first-order valence-electron chi connectivity index (χ1n) is 7.96. The SMILES string of the molecule is Clc1ccc2c(c1)CCN(c1cc(N3CCOCC3)ncn1)C2. The van der Waals surface area contributed by atoms with Crippen molar-refractivity contribution in [2.45, 2.75) is 13.0 Å². The molecule has 6 heteroatoms. The zero-order valence-electron chi connectivity index (χ0n) is 12.9. The Morgan fingerprint density at radius 1 is 0.913 bits per heavy atom. The summed E-state index contributed by atoms with van der Waals surface area (Å²) >= 11 is 6.09. The van der Waals surface area contributed by atoms with E-state index >= 15 is 0 Å². The van der Waals surface area contributed by atoms with Crippen LogP contribution in [0.5, 0.6) is 0 Å². The Hall–Kier alpha value is -1.85. The first-order valence-corrected chi connectivity index (χ1v) is 8.34. The highest BCUT2D eigenvalue weighted by Gasteiger charge is 2.19. The molecule has 3 heterocycles. The van der Waals surface area contributed by atoms with E-state index in [1.807, 2.05) is 6.07 Å². The van der Waals surface area contributed by atoms with Crippen LogP contribution in [0.25, 0.3) is 0 Å². The predicted octanol–water partition coefficient (Wildman–Crippen LogP) is 2.53. The molecule has 0 spiro atoms. The van der Waals surface area contributed by atoms with E-state index in [9.17, 15) is 0 Å². The van der Waals surface area contributed by atoms with Crippen LogP contribution in [0.2, 0.25) is 5.02 Å². The van der Waals surface area contributed by atoms with Gasteiger partial charge in [0.15, 0.2) is 0 Å². The highest BCUT2D eigenvalue weighted by atomic mass is 35.5. The Labute approximate surface area is 140 Å². The molecule has 5 nitrogen and oxygen atoms in total. The van der Waals surface area contributed by atoms with Gasteiger partial charge in [-0.05, 0) is 29.7 Å². The second-order valence-electron chi connectivity index (χ2n) is 5.92. The van der Waals surface area contributed by atoms with Crippen LogP contribution in [0.1, 0.15) is 11.1 Å². The summed E-state index contributed by atoms with van der Waals surface area (Å²) in [7, 11) is 0. The van der Waals surface area contributed by atoms with Gasteiger partial charge in [0.1, 0.15) is 18.0 Å². The fraction of sp³-hybridized carbons (Fsp3) is 0.412. The van der Waals surface area contributed by atoms with Gasteiger partial charge in [0.25, 0.3) is 0 Å². The fourth-order valence-corrected chi connectivity index (χ4v) is 3.39. The molecule has 2 aromatic rings. The molecule has 23 heavy (non-hydrogen) atoms. The number of halogens is 1. The lowest BCUT2D eigenvalue weighted by Gasteiger charge is -2.31. The van der Waals surface area contributed by atoms with Crippen LogP contribution in [0.3, 0.4) is 0 Å². The van der Waals surface area contributed by atoms with E-state index in [0.29, 0.717) is 0 Å². The third kappa shape index (κ3) is 3.12. The van der Waals surface area contributed by atoms with Crippen LogP contribution in [0, 0.1) is 0 Å². The number of ether oxygens (including phenoxy) is 1. The van der Waals surface area contributed by atoms with Gasteiger partial charge in [-0.15, -0.1) is 0 Å². The summed E-state index contributed by atoms with van der Waals surface area (Å²) in [6.45, 7) is 5.11. The van der Waals surface area contributed by atoms with Gasteiger partial charge in [-0.3, -0.25) is 0 Å². The summed E-state index contributed by atoms with van der Waals surface area (Å²) < 4.78 is 5.41. The van der Waals surface area contributed by atoms with Crippen molar-refractivity contribution in [1.82, 2.24) is 9.97 Å². The average molecular weight is 331 g/mol.